The van der Waals surface area contributed by atoms with Gasteiger partial charge in [-0.2, -0.15) is 0 Å². The van der Waals surface area contributed by atoms with E-state index in [1.165, 1.54) is 39.2 Å². The van der Waals surface area contributed by atoms with E-state index in [4.69, 9.17) is 0 Å². The maximum atomic E-state index is 2.48. The zero-order chi connectivity index (χ0) is 20.5. The summed E-state index contributed by atoms with van der Waals surface area (Å²) in [5.41, 5.74) is 9.39. The smallest absolute Gasteiger partial charge is 0.228 e. The molecule has 1 atom stereocenters. The molecule has 3 aromatic rings. The highest BCUT2D eigenvalue weighted by molar-refractivity contribution is 5.82. The summed E-state index contributed by atoms with van der Waals surface area (Å²) in [6.07, 6.45) is 2.32. The van der Waals surface area contributed by atoms with Crippen LogP contribution in [-0.4, -0.2) is 17.5 Å². The van der Waals surface area contributed by atoms with Gasteiger partial charge in [0.2, 0.25) is 6.34 Å². The molecule has 0 bridgehead atoms. The molecule has 1 heterocycles. The van der Waals surface area contributed by atoms with Crippen LogP contribution in [0.3, 0.4) is 0 Å². The molecule has 0 aliphatic carbocycles. The molecule has 1 aliphatic heterocycles. The van der Waals surface area contributed by atoms with E-state index in [0.717, 1.165) is 6.54 Å². The van der Waals surface area contributed by atoms with Crippen molar-refractivity contribution in [3.05, 3.63) is 94.5 Å². The molecule has 0 amide bonds. The summed E-state index contributed by atoms with van der Waals surface area (Å²) in [7, 11) is 0. The lowest BCUT2D eigenvalue weighted by atomic mass is 9.98. The fourth-order valence-electron chi connectivity index (χ4n) is 4.71. The van der Waals surface area contributed by atoms with Crippen LogP contribution in [0.15, 0.2) is 66.7 Å². The van der Waals surface area contributed by atoms with Gasteiger partial charge >= 0.3 is 0 Å². The van der Waals surface area contributed by atoms with E-state index in [0.29, 0.717) is 5.92 Å². The number of rotatable bonds is 4. The van der Waals surface area contributed by atoms with Crippen molar-refractivity contribution in [3.8, 4) is 0 Å². The van der Waals surface area contributed by atoms with Crippen molar-refractivity contribution in [2.75, 3.05) is 11.4 Å². The summed E-state index contributed by atoms with van der Waals surface area (Å²) in [6.45, 7) is 12.1. The molecule has 0 aromatic heterocycles. The van der Waals surface area contributed by atoms with Crippen molar-refractivity contribution < 1.29 is 4.58 Å². The van der Waals surface area contributed by atoms with Gasteiger partial charge in [0.15, 0.2) is 6.04 Å². The Bertz CT molecular complexity index is 1020. The number of anilines is 1. The predicted molar refractivity (Wildman–Crippen MR) is 124 cm³/mol. The van der Waals surface area contributed by atoms with Gasteiger partial charge in [-0.1, -0.05) is 80.1 Å². The molecule has 0 N–H and O–H groups in total. The molecular formula is C27H31N2+. The van der Waals surface area contributed by atoms with E-state index in [9.17, 15) is 0 Å². The fraction of sp³-hybridized carbons (Fsp3) is 0.296. The van der Waals surface area contributed by atoms with Gasteiger partial charge < -0.3 is 0 Å². The first-order chi connectivity index (χ1) is 14.0. The van der Waals surface area contributed by atoms with Crippen LogP contribution in [-0.2, 0) is 0 Å². The zero-order valence-corrected chi connectivity index (χ0v) is 18.2. The quantitative estimate of drug-likeness (QED) is 0.456. The molecule has 0 saturated heterocycles. The molecule has 29 heavy (non-hydrogen) atoms. The second-order valence-electron chi connectivity index (χ2n) is 8.56. The van der Waals surface area contributed by atoms with E-state index in [2.05, 4.69) is 117 Å². The Balaban J connectivity index is 1.86. The Morgan fingerprint density at radius 2 is 1.48 bits per heavy atom. The van der Waals surface area contributed by atoms with Crippen molar-refractivity contribution in [2.24, 2.45) is 0 Å². The maximum absolute atomic E-state index is 2.48. The van der Waals surface area contributed by atoms with Crippen molar-refractivity contribution in [1.29, 1.82) is 0 Å². The van der Waals surface area contributed by atoms with E-state index >= 15 is 0 Å². The van der Waals surface area contributed by atoms with Crippen molar-refractivity contribution in [3.63, 3.8) is 0 Å². The van der Waals surface area contributed by atoms with Crippen LogP contribution >= 0.6 is 0 Å². The predicted octanol–water partition coefficient (Wildman–Crippen LogP) is 6.67. The minimum absolute atomic E-state index is 0.288. The van der Waals surface area contributed by atoms with Gasteiger partial charge in [0, 0.05) is 11.1 Å². The molecule has 2 heteroatoms. The molecule has 3 aromatic carbocycles. The first kappa shape index (κ1) is 19.4. The summed E-state index contributed by atoms with van der Waals surface area (Å²) in [4.78, 5) is 2.48. The van der Waals surface area contributed by atoms with Crippen LogP contribution in [0.1, 0.15) is 53.6 Å². The standard InChI is InChI=1S/C27H31N2/c1-19(2)24-13-9-10-14-25(24)29-18-28(17-26(29)23-11-7-6-8-12-23)27-21(4)15-20(3)16-22(27)5/h6-16,18-19,26H,17H2,1-5H3/q+1/t26-/m1/s1. The zero-order valence-electron chi connectivity index (χ0n) is 18.2. The molecule has 0 saturated carbocycles. The van der Waals surface area contributed by atoms with Crippen LogP contribution in [0.25, 0.3) is 0 Å². The third kappa shape index (κ3) is 3.72. The first-order valence-corrected chi connectivity index (χ1v) is 10.6. The minimum atomic E-state index is 0.288. The monoisotopic (exact) mass is 383 g/mol. The van der Waals surface area contributed by atoms with E-state index in [-0.39, 0.29) is 6.04 Å². The number of benzene rings is 3. The Labute approximate surface area is 175 Å². The van der Waals surface area contributed by atoms with E-state index in [1.807, 2.05) is 0 Å². The Morgan fingerprint density at radius 3 is 2.14 bits per heavy atom. The normalized spacial score (nSPS) is 16.4. The second kappa shape index (κ2) is 7.87. The molecule has 0 spiro atoms. The largest absolute Gasteiger partial charge is 0.245 e. The SMILES string of the molecule is Cc1cc(C)c([N+]2=CN(c3ccccc3C(C)C)[C@@H](c3ccccc3)C2)c(C)c1. The first-order valence-electron chi connectivity index (χ1n) is 10.6. The highest BCUT2D eigenvalue weighted by Gasteiger charge is 2.37. The third-order valence-electron chi connectivity index (χ3n) is 5.91. The van der Waals surface area contributed by atoms with Crippen LogP contribution in [0.5, 0.6) is 0 Å². The molecule has 0 unspecified atom stereocenters. The number of hydrogen-bond acceptors (Lipinski definition) is 1. The van der Waals surface area contributed by atoms with Gasteiger partial charge in [0.25, 0.3) is 0 Å². The highest BCUT2D eigenvalue weighted by Crippen LogP contribution is 2.37. The summed E-state index contributed by atoms with van der Waals surface area (Å²) in [5.74, 6) is 0.480. The van der Waals surface area contributed by atoms with Gasteiger partial charge in [-0.25, -0.2) is 9.48 Å². The van der Waals surface area contributed by atoms with Gasteiger partial charge in [-0.3, -0.25) is 0 Å². The minimum Gasteiger partial charge on any atom is -0.228 e. The molecule has 2 nitrogen and oxygen atoms in total. The molecule has 4 rings (SSSR count). The average molecular weight is 384 g/mol. The highest BCUT2D eigenvalue weighted by atomic mass is 15.3. The number of para-hydroxylation sites is 1. The van der Waals surface area contributed by atoms with Crippen molar-refractivity contribution >= 4 is 17.7 Å². The van der Waals surface area contributed by atoms with Gasteiger partial charge in [0.05, 0.1) is 0 Å². The maximum Gasteiger partial charge on any atom is 0.245 e. The number of nitrogens with zero attached hydrogens (tertiary/aromatic N) is 2. The summed E-state index contributed by atoms with van der Waals surface area (Å²) < 4.78 is 2.44. The van der Waals surface area contributed by atoms with Gasteiger partial charge in [0.1, 0.15) is 17.9 Å². The lowest BCUT2D eigenvalue weighted by Crippen LogP contribution is -2.25. The number of aryl methyl sites for hydroxylation is 3. The summed E-state index contributed by atoms with van der Waals surface area (Å²) in [5, 5.41) is 0. The third-order valence-corrected chi connectivity index (χ3v) is 5.91. The van der Waals surface area contributed by atoms with Crippen LogP contribution in [0.4, 0.5) is 11.4 Å². The molecule has 1 aliphatic rings. The molecule has 0 radical (unpaired) electrons. The Hall–Kier alpha value is -2.87. The Morgan fingerprint density at radius 1 is 0.862 bits per heavy atom. The van der Waals surface area contributed by atoms with Gasteiger partial charge in [-0.15, -0.1) is 0 Å². The molecular weight excluding hydrogens is 352 g/mol. The number of hydrogen-bond donors (Lipinski definition) is 0. The summed E-state index contributed by atoms with van der Waals surface area (Å²) in [6, 6.07) is 24.6. The van der Waals surface area contributed by atoms with E-state index < -0.39 is 0 Å². The van der Waals surface area contributed by atoms with Crippen LogP contribution in [0.2, 0.25) is 0 Å². The van der Waals surface area contributed by atoms with Crippen molar-refractivity contribution in [2.45, 2.75) is 46.6 Å². The fourth-order valence-corrected chi connectivity index (χ4v) is 4.71. The van der Waals surface area contributed by atoms with Crippen LogP contribution < -0.4 is 4.90 Å². The molecule has 148 valence electrons. The van der Waals surface area contributed by atoms with Gasteiger partial charge in [-0.05, 0) is 43.9 Å². The lowest BCUT2D eigenvalue weighted by molar-refractivity contribution is -0.430. The van der Waals surface area contributed by atoms with Crippen LogP contribution in [0, 0.1) is 20.8 Å². The van der Waals surface area contributed by atoms with E-state index in [1.54, 1.807) is 0 Å². The topological polar surface area (TPSA) is 6.25 Å². The summed E-state index contributed by atoms with van der Waals surface area (Å²) >= 11 is 0. The lowest BCUT2D eigenvalue weighted by Gasteiger charge is -2.21. The second-order valence-corrected chi connectivity index (χ2v) is 8.56. The molecule has 0 fully saturated rings. The average Bonchev–Trinajstić information content (AvgIpc) is 3.12. The Kier molecular flexibility index (Phi) is 5.27. The van der Waals surface area contributed by atoms with Crippen molar-refractivity contribution in [1.82, 2.24) is 0 Å².